The lowest BCUT2D eigenvalue weighted by Crippen LogP contribution is -2.58. The Labute approximate surface area is 329 Å². The van der Waals surface area contributed by atoms with E-state index in [0.29, 0.717) is 25.7 Å². The zero-order valence-corrected chi connectivity index (χ0v) is 33.1. The van der Waals surface area contributed by atoms with Gasteiger partial charge in [0.1, 0.15) is 12.6 Å². The Morgan fingerprint density at radius 3 is 2.54 bits per heavy atom. The van der Waals surface area contributed by atoms with Crippen LogP contribution in [0.2, 0.25) is 0 Å². The normalized spacial score (nSPS) is 24.8. The van der Waals surface area contributed by atoms with Crippen LogP contribution in [0.15, 0.2) is 27.5 Å². The number of aromatic amines is 1. The molecule has 314 valence electrons. The fraction of sp³-hybridized carbons (Fsp3) is 0.632. The number of likely N-dealkylation sites (tertiary alicyclic amines) is 1. The standard InChI is InChI=1S/C38H55FN8O10/c1-6-22-10-11-24(12-13-27(45-37(5,39)17-22)29-16-26-25(32(50)44-29)20-56-34(52)38(26,55)7-2)42-31(49)23-18-47(19-23)36(54)57-46-33(51)28(9-8-14-41-35(40)53)43-30(48)15-21(3)4/h6,16,21,23-24,28,55H,7-15,17-20H2,1-5H3,(H,42,49)(H,43,48)(H,44,50)(H,46,51)(H3,40,41,53)/b22-6+,45-27+/t24-,28?,37?,38-/m1/s1. The zero-order chi connectivity index (χ0) is 42.1. The molecule has 0 radical (unpaired) electrons. The second-order valence-corrected chi connectivity index (χ2v) is 15.4. The number of aliphatic hydroxyl groups is 1. The first-order valence-electron chi connectivity index (χ1n) is 19.3. The molecule has 0 bridgehead atoms. The summed E-state index contributed by atoms with van der Waals surface area (Å²) >= 11 is 0. The molecule has 0 aliphatic carbocycles. The van der Waals surface area contributed by atoms with Crippen molar-refractivity contribution in [3.63, 3.8) is 0 Å². The number of carbonyl (C=O) groups is 6. The summed E-state index contributed by atoms with van der Waals surface area (Å²) in [4.78, 5) is 101. The molecule has 4 heterocycles. The number of primary amides is 1. The lowest BCUT2D eigenvalue weighted by molar-refractivity contribution is -0.172. The van der Waals surface area contributed by atoms with Crippen molar-refractivity contribution in [2.45, 2.75) is 122 Å². The molecule has 8 N–H and O–H groups in total. The molecule has 1 saturated heterocycles. The molecule has 4 rings (SSSR count). The predicted octanol–water partition coefficient (Wildman–Crippen LogP) is 1.98. The number of hydroxylamine groups is 1. The summed E-state index contributed by atoms with van der Waals surface area (Å²) in [5, 5.41) is 19.2. The zero-order valence-electron chi connectivity index (χ0n) is 33.1. The second kappa shape index (κ2) is 19.2. The Morgan fingerprint density at radius 1 is 1.19 bits per heavy atom. The number of fused-ring (bicyclic) bond motifs is 1. The summed E-state index contributed by atoms with van der Waals surface area (Å²) in [7, 11) is 0. The minimum Gasteiger partial charge on any atom is -0.458 e. The van der Waals surface area contributed by atoms with Gasteiger partial charge in [0.25, 0.3) is 11.5 Å². The van der Waals surface area contributed by atoms with Crippen LogP contribution < -0.4 is 32.7 Å². The molecule has 0 saturated carbocycles. The van der Waals surface area contributed by atoms with Gasteiger partial charge in [-0.25, -0.2) is 23.8 Å². The molecule has 1 aromatic rings. The molecule has 2 unspecified atom stereocenters. The summed E-state index contributed by atoms with van der Waals surface area (Å²) in [6, 6.07) is -0.742. The molecule has 0 spiro atoms. The van der Waals surface area contributed by atoms with Crippen molar-refractivity contribution >= 4 is 41.5 Å². The molecule has 6 amide bonds. The van der Waals surface area contributed by atoms with E-state index in [2.05, 4.69) is 31.4 Å². The van der Waals surface area contributed by atoms with Gasteiger partial charge in [-0.2, -0.15) is 5.48 Å². The Bertz CT molecular complexity index is 1820. The van der Waals surface area contributed by atoms with E-state index in [4.69, 9.17) is 15.3 Å². The number of amides is 6. The van der Waals surface area contributed by atoms with Gasteiger partial charge in [0.15, 0.2) is 5.60 Å². The van der Waals surface area contributed by atoms with E-state index in [1.165, 1.54) is 17.9 Å². The van der Waals surface area contributed by atoms with Crippen LogP contribution in [0.4, 0.5) is 14.0 Å². The quantitative estimate of drug-likeness (QED) is 0.0531. The van der Waals surface area contributed by atoms with Crippen LogP contribution in [0.1, 0.15) is 109 Å². The third kappa shape index (κ3) is 11.8. The van der Waals surface area contributed by atoms with E-state index in [9.17, 15) is 38.7 Å². The number of aliphatic imine (C=N–C) groups is 1. The van der Waals surface area contributed by atoms with Crippen LogP contribution in [0, 0.1) is 11.8 Å². The summed E-state index contributed by atoms with van der Waals surface area (Å²) in [5.74, 6) is -4.95. The smallest absolute Gasteiger partial charge is 0.434 e. The Kier molecular flexibility index (Phi) is 15.0. The van der Waals surface area contributed by atoms with E-state index >= 15 is 4.39 Å². The first-order valence-corrected chi connectivity index (χ1v) is 19.3. The molecular formula is C38H55FN8O10. The van der Waals surface area contributed by atoms with Crippen molar-refractivity contribution in [1.82, 2.24) is 31.3 Å². The van der Waals surface area contributed by atoms with E-state index < -0.39 is 59.0 Å². The summed E-state index contributed by atoms with van der Waals surface area (Å²) in [5.41, 5.74) is 5.77. The summed E-state index contributed by atoms with van der Waals surface area (Å²) in [6.07, 6.45) is 2.78. The number of halogens is 1. The topological polar surface area (TPSA) is 264 Å². The Balaban J connectivity index is 1.38. The first-order chi connectivity index (χ1) is 26.8. The summed E-state index contributed by atoms with van der Waals surface area (Å²) in [6.45, 7) is 8.26. The van der Waals surface area contributed by atoms with E-state index in [1.807, 2.05) is 13.8 Å². The number of aromatic nitrogens is 1. The molecule has 0 aromatic carbocycles. The SMILES string of the molecule is C/C=C1\CC[C@@H](NC(=O)C2CN(C(=O)ONC(=O)C(CCCNC(N)=O)NC(=O)CC(C)C)C2)CC/C(c2cc3c(c(=O)[nH]2)COC(=O)[C@@]3(O)CC)=N\C(C)(F)C1. The van der Waals surface area contributed by atoms with Crippen LogP contribution in [-0.4, -0.2) is 94.0 Å². The van der Waals surface area contributed by atoms with Crippen LogP contribution in [0.5, 0.6) is 0 Å². The fourth-order valence-electron chi connectivity index (χ4n) is 6.99. The lowest BCUT2D eigenvalue weighted by atomic mass is 9.85. The maximum Gasteiger partial charge on any atom is 0.434 e. The van der Waals surface area contributed by atoms with Gasteiger partial charge >= 0.3 is 18.1 Å². The highest BCUT2D eigenvalue weighted by atomic mass is 19.1. The number of nitrogens with zero attached hydrogens (tertiary/aromatic N) is 2. The van der Waals surface area contributed by atoms with Gasteiger partial charge in [-0.05, 0) is 70.8 Å². The summed E-state index contributed by atoms with van der Waals surface area (Å²) < 4.78 is 21.1. The average molecular weight is 803 g/mol. The van der Waals surface area contributed by atoms with Crippen LogP contribution in [0.25, 0.3) is 0 Å². The number of esters is 1. The molecule has 3 aliphatic heterocycles. The molecule has 3 aliphatic rings. The first kappa shape index (κ1) is 44.4. The molecule has 1 fully saturated rings. The van der Waals surface area contributed by atoms with Gasteiger partial charge in [-0.3, -0.25) is 19.2 Å². The minimum atomic E-state index is -2.06. The third-order valence-corrected chi connectivity index (χ3v) is 10.3. The van der Waals surface area contributed by atoms with Gasteiger partial charge in [0.2, 0.25) is 17.6 Å². The van der Waals surface area contributed by atoms with Gasteiger partial charge in [-0.1, -0.05) is 32.4 Å². The van der Waals surface area contributed by atoms with Crippen molar-refractivity contribution in [3.05, 3.63) is 44.9 Å². The number of nitrogens with two attached hydrogens (primary N) is 1. The van der Waals surface area contributed by atoms with Crippen LogP contribution in [-0.2, 0) is 41.0 Å². The van der Waals surface area contributed by atoms with Crippen molar-refractivity contribution in [1.29, 1.82) is 0 Å². The molecule has 18 nitrogen and oxygen atoms in total. The monoisotopic (exact) mass is 802 g/mol. The number of pyridine rings is 1. The van der Waals surface area contributed by atoms with E-state index in [0.717, 1.165) is 5.57 Å². The highest BCUT2D eigenvalue weighted by Gasteiger charge is 2.44. The maximum atomic E-state index is 16.0. The number of H-pyrrole nitrogens is 1. The van der Waals surface area contributed by atoms with Crippen molar-refractivity contribution in [3.8, 4) is 0 Å². The van der Waals surface area contributed by atoms with Crippen LogP contribution >= 0.6 is 0 Å². The third-order valence-electron chi connectivity index (χ3n) is 10.3. The van der Waals surface area contributed by atoms with Crippen molar-refractivity contribution < 1.29 is 47.8 Å². The Hall–Kier alpha value is -5.33. The van der Waals surface area contributed by atoms with Crippen molar-refractivity contribution in [2.24, 2.45) is 22.6 Å². The van der Waals surface area contributed by atoms with Gasteiger partial charge in [-0.15, -0.1) is 0 Å². The average Bonchev–Trinajstić information content (AvgIpc) is 3.11. The number of cyclic esters (lactones) is 1. The number of rotatable bonds is 12. The van der Waals surface area contributed by atoms with E-state index in [-0.39, 0.29) is 98.6 Å². The number of carbonyl (C=O) groups excluding carboxylic acids is 6. The second-order valence-electron chi connectivity index (χ2n) is 15.4. The molecule has 19 heteroatoms. The fourth-order valence-corrected chi connectivity index (χ4v) is 6.99. The molecule has 4 atom stereocenters. The van der Waals surface area contributed by atoms with Gasteiger partial charge in [0, 0.05) is 44.1 Å². The van der Waals surface area contributed by atoms with Crippen LogP contribution in [0.3, 0.4) is 0 Å². The number of nitrogens with one attached hydrogen (secondary N) is 5. The highest BCUT2D eigenvalue weighted by molar-refractivity contribution is 6.00. The number of ether oxygens (including phenoxy) is 1. The molecular weight excluding hydrogens is 747 g/mol. The number of alkyl halides is 1. The lowest BCUT2D eigenvalue weighted by Gasteiger charge is -2.37. The molecule has 1 aromatic heterocycles. The minimum absolute atomic E-state index is 0.00671. The number of urea groups is 1. The van der Waals surface area contributed by atoms with Crippen molar-refractivity contribution in [2.75, 3.05) is 19.6 Å². The largest absolute Gasteiger partial charge is 0.458 e. The van der Waals surface area contributed by atoms with Gasteiger partial charge in [0.05, 0.1) is 22.9 Å². The number of hydrogen-bond acceptors (Lipinski definition) is 11. The number of allylic oxidation sites excluding steroid dienone is 1. The number of hydrogen-bond donors (Lipinski definition) is 7. The predicted molar refractivity (Wildman–Crippen MR) is 204 cm³/mol. The molecule has 57 heavy (non-hydrogen) atoms. The highest BCUT2D eigenvalue weighted by Crippen LogP contribution is 2.34. The van der Waals surface area contributed by atoms with Gasteiger partial charge < -0.3 is 46.2 Å². The van der Waals surface area contributed by atoms with E-state index in [1.54, 1.807) is 19.9 Å². The maximum absolute atomic E-state index is 16.0. The Morgan fingerprint density at radius 2 is 1.89 bits per heavy atom.